The molecule has 18 heavy (non-hydrogen) atoms. The van der Waals surface area contributed by atoms with E-state index in [4.69, 9.17) is 0 Å². The van der Waals surface area contributed by atoms with Gasteiger partial charge in [0.2, 0.25) is 0 Å². The fourth-order valence-electron chi connectivity index (χ4n) is 2.50. The van der Waals surface area contributed by atoms with Gasteiger partial charge in [-0.15, -0.1) is 0 Å². The lowest BCUT2D eigenvalue weighted by Crippen LogP contribution is -2.45. The van der Waals surface area contributed by atoms with Crippen molar-refractivity contribution < 1.29 is 5.11 Å². The van der Waals surface area contributed by atoms with Crippen molar-refractivity contribution in [2.75, 3.05) is 20.2 Å². The van der Waals surface area contributed by atoms with E-state index in [1.807, 2.05) is 0 Å². The first-order valence-corrected chi connectivity index (χ1v) is 6.96. The Morgan fingerprint density at radius 2 is 1.94 bits per heavy atom. The molecule has 100 valence electrons. The molecular weight excluding hydrogens is 222 g/mol. The molecule has 1 N–H and O–H groups in total. The number of hydrogen-bond acceptors (Lipinski definition) is 2. The molecule has 0 radical (unpaired) electrons. The average molecular weight is 247 g/mol. The van der Waals surface area contributed by atoms with Gasteiger partial charge in [-0.25, -0.2) is 0 Å². The van der Waals surface area contributed by atoms with Crippen molar-refractivity contribution >= 4 is 0 Å². The van der Waals surface area contributed by atoms with E-state index in [0.717, 1.165) is 13.0 Å². The molecule has 0 bridgehead atoms. The smallest absolute Gasteiger partial charge is 0.0609 e. The van der Waals surface area contributed by atoms with Gasteiger partial charge in [0.1, 0.15) is 0 Å². The summed E-state index contributed by atoms with van der Waals surface area (Å²) in [6, 6.07) is 6.95. The standard InChI is InChI=1S/C16H25NO/c1-16(2,12-18)17(3)10-9-13-7-8-14-5-4-6-15(14)11-13/h7-8,11,18H,4-6,9-10,12H2,1-3H3. The number of hydrogen-bond donors (Lipinski definition) is 1. The minimum absolute atomic E-state index is 0.128. The maximum Gasteiger partial charge on any atom is 0.0609 e. The minimum atomic E-state index is -0.128. The Balaban J connectivity index is 1.94. The summed E-state index contributed by atoms with van der Waals surface area (Å²) in [7, 11) is 2.09. The van der Waals surface area contributed by atoms with Crippen LogP contribution in [-0.2, 0) is 19.3 Å². The lowest BCUT2D eigenvalue weighted by atomic mass is 10.0. The number of aliphatic hydroxyl groups is 1. The average Bonchev–Trinajstić information content (AvgIpc) is 2.83. The number of aryl methyl sites for hydroxylation is 2. The molecule has 2 heteroatoms. The van der Waals surface area contributed by atoms with E-state index in [0.29, 0.717) is 0 Å². The number of aliphatic hydroxyl groups excluding tert-OH is 1. The zero-order valence-corrected chi connectivity index (χ0v) is 11.9. The van der Waals surface area contributed by atoms with Gasteiger partial charge in [-0.2, -0.15) is 0 Å². The molecule has 1 aromatic rings. The van der Waals surface area contributed by atoms with Gasteiger partial charge in [-0.1, -0.05) is 18.2 Å². The van der Waals surface area contributed by atoms with Gasteiger partial charge in [0.05, 0.1) is 6.61 Å². The summed E-state index contributed by atoms with van der Waals surface area (Å²) in [5.41, 5.74) is 4.40. The highest BCUT2D eigenvalue weighted by Gasteiger charge is 2.21. The van der Waals surface area contributed by atoms with Gasteiger partial charge in [0.15, 0.2) is 0 Å². The Morgan fingerprint density at radius 3 is 2.67 bits per heavy atom. The molecule has 1 aliphatic rings. The van der Waals surface area contributed by atoms with E-state index in [2.05, 4.69) is 44.0 Å². The SMILES string of the molecule is CN(CCc1ccc2c(c1)CCC2)C(C)(C)CO. The quantitative estimate of drug-likeness (QED) is 0.864. The maximum absolute atomic E-state index is 9.35. The second kappa shape index (κ2) is 5.41. The van der Waals surface area contributed by atoms with E-state index in [9.17, 15) is 5.11 Å². The third-order valence-electron chi connectivity index (χ3n) is 4.32. The van der Waals surface area contributed by atoms with Crippen molar-refractivity contribution in [3.05, 3.63) is 34.9 Å². The maximum atomic E-state index is 9.35. The third-order valence-corrected chi connectivity index (χ3v) is 4.32. The predicted molar refractivity (Wildman–Crippen MR) is 76.0 cm³/mol. The Bertz CT molecular complexity index is 412. The lowest BCUT2D eigenvalue weighted by Gasteiger charge is -2.33. The predicted octanol–water partition coefficient (Wildman–Crippen LogP) is 2.42. The number of likely N-dealkylation sites (N-methyl/N-ethyl adjacent to an activating group) is 1. The minimum Gasteiger partial charge on any atom is -0.394 e. The van der Waals surface area contributed by atoms with E-state index >= 15 is 0 Å². The largest absolute Gasteiger partial charge is 0.394 e. The summed E-state index contributed by atoms with van der Waals surface area (Å²) in [6.07, 6.45) is 4.89. The van der Waals surface area contributed by atoms with Crippen LogP contribution < -0.4 is 0 Å². The van der Waals surface area contributed by atoms with Crippen molar-refractivity contribution in [1.82, 2.24) is 4.90 Å². The Labute approximate surface area is 111 Å². The summed E-state index contributed by atoms with van der Waals surface area (Å²) < 4.78 is 0. The van der Waals surface area contributed by atoms with Crippen LogP contribution in [0.1, 0.15) is 37.0 Å². The van der Waals surface area contributed by atoms with Gasteiger partial charge >= 0.3 is 0 Å². The number of rotatable bonds is 5. The van der Waals surface area contributed by atoms with E-state index in [1.54, 1.807) is 11.1 Å². The summed E-state index contributed by atoms with van der Waals surface area (Å²) in [5.74, 6) is 0. The second-order valence-electron chi connectivity index (χ2n) is 6.10. The molecule has 0 aromatic heterocycles. The van der Waals surface area contributed by atoms with Crippen LogP contribution in [0, 0.1) is 0 Å². The fourth-order valence-corrected chi connectivity index (χ4v) is 2.50. The van der Waals surface area contributed by atoms with Crippen LogP contribution in [0.5, 0.6) is 0 Å². The van der Waals surface area contributed by atoms with Crippen LogP contribution >= 0.6 is 0 Å². The van der Waals surface area contributed by atoms with Gasteiger partial charge in [0, 0.05) is 12.1 Å². The molecule has 0 aliphatic heterocycles. The van der Waals surface area contributed by atoms with Crippen LogP contribution in [-0.4, -0.2) is 35.7 Å². The lowest BCUT2D eigenvalue weighted by molar-refractivity contribution is 0.0801. The van der Waals surface area contributed by atoms with Crippen molar-refractivity contribution in [2.24, 2.45) is 0 Å². The van der Waals surface area contributed by atoms with Crippen molar-refractivity contribution in [3.63, 3.8) is 0 Å². The monoisotopic (exact) mass is 247 g/mol. The Morgan fingerprint density at radius 1 is 1.22 bits per heavy atom. The van der Waals surface area contributed by atoms with E-state index < -0.39 is 0 Å². The molecule has 0 amide bonds. The molecule has 0 unspecified atom stereocenters. The van der Waals surface area contributed by atoms with Crippen LogP contribution in [0.2, 0.25) is 0 Å². The van der Waals surface area contributed by atoms with Crippen molar-refractivity contribution in [1.29, 1.82) is 0 Å². The zero-order valence-electron chi connectivity index (χ0n) is 11.9. The van der Waals surface area contributed by atoms with Gasteiger partial charge in [0.25, 0.3) is 0 Å². The van der Waals surface area contributed by atoms with Crippen LogP contribution in [0.4, 0.5) is 0 Å². The Kier molecular flexibility index (Phi) is 4.08. The summed E-state index contributed by atoms with van der Waals surface area (Å²) in [6.45, 7) is 5.35. The highest BCUT2D eigenvalue weighted by atomic mass is 16.3. The van der Waals surface area contributed by atoms with Crippen LogP contribution in [0.15, 0.2) is 18.2 Å². The molecule has 0 atom stereocenters. The fraction of sp³-hybridized carbons (Fsp3) is 0.625. The highest BCUT2D eigenvalue weighted by Crippen LogP contribution is 2.23. The van der Waals surface area contributed by atoms with Crippen LogP contribution in [0.3, 0.4) is 0 Å². The first-order chi connectivity index (χ1) is 8.53. The summed E-state index contributed by atoms with van der Waals surface area (Å²) in [5, 5.41) is 9.35. The second-order valence-corrected chi connectivity index (χ2v) is 6.10. The molecule has 2 nitrogen and oxygen atoms in total. The molecule has 0 saturated heterocycles. The highest BCUT2D eigenvalue weighted by molar-refractivity contribution is 5.35. The molecule has 1 aliphatic carbocycles. The van der Waals surface area contributed by atoms with E-state index in [-0.39, 0.29) is 12.1 Å². The number of benzene rings is 1. The van der Waals surface area contributed by atoms with Crippen LogP contribution in [0.25, 0.3) is 0 Å². The molecule has 2 rings (SSSR count). The molecule has 0 spiro atoms. The first kappa shape index (κ1) is 13.6. The molecule has 1 aromatic carbocycles. The molecule has 0 heterocycles. The normalized spacial score (nSPS) is 15.2. The van der Waals surface area contributed by atoms with Crippen molar-refractivity contribution in [3.8, 4) is 0 Å². The first-order valence-electron chi connectivity index (χ1n) is 6.96. The number of nitrogens with zero attached hydrogens (tertiary/aromatic N) is 1. The topological polar surface area (TPSA) is 23.5 Å². The zero-order chi connectivity index (χ0) is 13.2. The molecule has 0 fully saturated rings. The van der Waals surface area contributed by atoms with Gasteiger partial charge < -0.3 is 5.11 Å². The third kappa shape index (κ3) is 2.93. The van der Waals surface area contributed by atoms with Gasteiger partial charge in [-0.05, 0) is 63.3 Å². The van der Waals surface area contributed by atoms with Gasteiger partial charge in [-0.3, -0.25) is 4.90 Å². The summed E-state index contributed by atoms with van der Waals surface area (Å²) >= 11 is 0. The van der Waals surface area contributed by atoms with E-state index in [1.165, 1.54) is 24.8 Å². The van der Waals surface area contributed by atoms with Crippen molar-refractivity contribution in [2.45, 2.75) is 45.1 Å². The number of fused-ring (bicyclic) bond motifs is 1. The Hall–Kier alpha value is -0.860. The molecule has 0 saturated carbocycles. The molecular formula is C16H25NO. The summed E-state index contributed by atoms with van der Waals surface area (Å²) in [4.78, 5) is 2.24.